The van der Waals surface area contributed by atoms with E-state index in [9.17, 15) is 16.8 Å². The average Bonchev–Trinajstić information content (AvgIpc) is 2.55. The molecule has 0 radical (unpaired) electrons. The third-order valence-electron chi connectivity index (χ3n) is 3.59. The van der Waals surface area contributed by atoms with E-state index in [0.717, 1.165) is 6.07 Å². The molecule has 1 aliphatic rings. The highest BCUT2D eigenvalue weighted by Crippen LogP contribution is 2.37. The van der Waals surface area contributed by atoms with E-state index in [1.165, 1.54) is 41.8 Å². The van der Waals surface area contributed by atoms with Crippen molar-refractivity contribution < 1.29 is 16.8 Å². The lowest BCUT2D eigenvalue weighted by Gasteiger charge is -2.35. The third-order valence-corrected chi connectivity index (χ3v) is 8.53. The van der Waals surface area contributed by atoms with E-state index in [0.29, 0.717) is 11.5 Å². The third kappa shape index (κ3) is 4.26. The average molecular weight is 446 g/mol. The Bertz CT molecular complexity index is 888. The summed E-state index contributed by atoms with van der Waals surface area (Å²) in [6.45, 7) is 0. The summed E-state index contributed by atoms with van der Waals surface area (Å²) in [4.78, 5) is -0.413. The molecule has 2 rings (SSSR count). The van der Waals surface area contributed by atoms with Crippen molar-refractivity contribution in [2.45, 2.75) is 16.0 Å². The van der Waals surface area contributed by atoms with E-state index in [4.69, 9.17) is 23.2 Å². The predicted molar refractivity (Wildman–Crippen MR) is 102 cm³/mol. The molecule has 2 N–H and O–H groups in total. The molecule has 0 fully saturated rings. The first-order chi connectivity index (χ1) is 11.6. The maximum absolute atomic E-state index is 12.8. The zero-order valence-corrected chi connectivity index (χ0v) is 17.3. The van der Waals surface area contributed by atoms with Crippen LogP contribution in [0.5, 0.6) is 0 Å². The lowest BCUT2D eigenvalue weighted by molar-refractivity contribution is 0.413. The molecule has 7 nitrogen and oxygen atoms in total. The molecule has 25 heavy (non-hydrogen) atoms. The van der Waals surface area contributed by atoms with E-state index >= 15 is 0 Å². The van der Waals surface area contributed by atoms with Crippen LogP contribution in [0.3, 0.4) is 0 Å². The maximum atomic E-state index is 12.8. The quantitative estimate of drug-likeness (QED) is 0.650. The van der Waals surface area contributed by atoms with Gasteiger partial charge in [0.1, 0.15) is 16.0 Å². The SMILES string of the molecule is CNS(=O)(=O)c1cc2c(cc1Cl)NC(CSC/C=C/Cl)N(C)S2(=O)=O. The van der Waals surface area contributed by atoms with Crippen LogP contribution < -0.4 is 10.0 Å². The van der Waals surface area contributed by atoms with Crippen LogP contribution in [0.25, 0.3) is 0 Å². The molecule has 0 aromatic heterocycles. The Hall–Kier alpha value is -0.490. The van der Waals surface area contributed by atoms with Crippen LogP contribution in [0.15, 0.2) is 33.5 Å². The molecule has 1 atom stereocenters. The monoisotopic (exact) mass is 445 g/mol. The lowest BCUT2D eigenvalue weighted by atomic mass is 10.3. The smallest absolute Gasteiger partial charge is 0.246 e. The van der Waals surface area contributed by atoms with Crippen molar-refractivity contribution in [1.29, 1.82) is 0 Å². The van der Waals surface area contributed by atoms with Gasteiger partial charge in [0.05, 0.1) is 10.7 Å². The van der Waals surface area contributed by atoms with Gasteiger partial charge in [0, 0.05) is 24.1 Å². The molecular weight excluding hydrogens is 429 g/mol. The predicted octanol–water partition coefficient (Wildman–Crippen LogP) is 2.11. The normalized spacial score (nSPS) is 20.4. The van der Waals surface area contributed by atoms with Gasteiger partial charge >= 0.3 is 0 Å². The number of anilines is 1. The Labute approximate surface area is 161 Å². The number of thioether (sulfide) groups is 1. The summed E-state index contributed by atoms with van der Waals surface area (Å²) in [6, 6.07) is 2.39. The zero-order valence-electron chi connectivity index (χ0n) is 13.4. The summed E-state index contributed by atoms with van der Waals surface area (Å²) in [7, 11) is -5.07. The van der Waals surface area contributed by atoms with Crippen molar-refractivity contribution in [3.05, 3.63) is 28.8 Å². The topological polar surface area (TPSA) is 95.6 Å². The molecule has 0 amide bonds. The number of fused-ring (bicyclic) bond motifs is 1. The van der Waals surface area contributed by atoms with Crippen molar-refractivity contribution in [2.75, 3.05) is 30.9 Å². The van der Waals surface area contributed by atoms with Crippen molar-refractivity contribution in [1.82, 2.24) is 9.03 Å². The van der Waals surface area contributed by atoms with Gasteiger partial charge in [-0.3, -0.25) is 0 Å². The molecule has 1 aromatic rings. The second-order valence-corrected chi connectivity index (χ2v) is 10.6. The van der Waals surface area contributed by atoms with Gasteiger partial charge in [-0.25, -0.2) is 21.6 Å². The van der Waals surface area contributed by atoms with Crippen LogP contribution >= 0.6 is 35.0 Å². The minimum atomic E-state index is -3.88. The highest BCUT2D eigenvalue weighted by atomic mass is 35.5. The number of hydrogen-bond acceptors (Lipinski definition) is 6. The summed E-state index contributed by atoms with van der Waals surface area (Å²) in [5, 5.41) is 3.03. The molecule has 1 heterocycles. The largest absolute Gasteiger partial charge is 0.367 e. The van der Waals surface area contributed by atoms with Crippen molar-refractivity contribution in [3.8, 4) is 0 Å². The summed E-state index contributed by atoms with van der Waals surface area (Å²) in [6.07, 6.45) is 1.26. The number of sulfonamides is 2. The number of hydrogen-bond donors (Lipinski definition) is 2. The van der Waals surface area contributed by atoms with Crippen molar-refractivity contribution in [3.63, 3.8) is 0 Å². The molecule has 0 saturated heterocycles. The highest BCUT2D eigenvalue weighted by Gasteiger charge is 2.37. The molecule has 0 spiro atoms. The van der Waals surface area contributed by atoms with Crippen molar-refractivity contribution >= 4 is 60.7 Å². The zero-order chi connectivity index (χ0) is 18.8. The fraction of sp³-hybridized carbons (Fsp3) is 0.385. The van der Waals surface area contributed by atoms with Gasteiger partial charge in [-0.1, -0.05) is 29.3 Å². The molecular formula is C13H17Cl2N3O4S3. The number of halogens is 2. The molecule has 140 valence electrons. The van der Waals surface area contributed by atoms with Gasteiger partial charge in [0.15, 0.2) is 0 Å². The van der Waals surface area contributed by atoms with E-state index in [1.807, 2.05) is 0 Å². The number of rotatable bonds is 6. The molecule has 1 aromatic carbocycles. The Morgan fingerprint density at radius 1 is 1.44 bits per heavy atom. The fourth-order valence-corrected chi connectivity index (χ4v) is 6.17. The van der Waals surface area contributed by atoms with Gasteiger partial charge in [0.25, 0.3) is 0 Å². The molecule has 0 bridgehead atoms. The van der Waals surface area contributed by atoms with Gasteiger partial charge in [0.2, 0.25) is 20.0 Å². The Morgan fingerprint density at radius 3 is 2.72 bits per heavy atom. The van der Waals surface area contributed by atoms with Gasteiger partial charge < -0.3 is 5.32 Å². The molecule has 1 unspecified atom stereocenters. The Morgan fingerprint density at radius 2 is 2.12 bits per heavy atom. The molecule has 0 aliphatic carbocycles. The van der Waals surface area contributed by atoms with Crippen LogP contribution in [0, 0.1) is 0 Å². The van der Waals surface area contributed by atoms with E-state index < -0.39 is 26.2 Å². The molecule has 1 aliphatic heterocycles. The second kappa shape index (κ2) is 8.03. The summed E-state index contributed by atoms with van der Waals surface area (Å²) in [5.74, 6) is 1.12. The number of nitrogens with zero attached hydrogens (tertiary/aromatic N) is 1. The fourth-order valence-electron chi connectivity index (χ4n) is 2.20. The van der Waals surface area contributed by atoms with Crippen LogP contribution in [0.1, 0.15) is 0 Å². The van der Waals surface area contributed by atoms with Gasteiger partial charge in [-0.2, -0.15) is 16.1 Å². The van der Waals surface area contributed by atoms with Crippen LogP contribution in [0.2, 0.25) is 5.02 Å². The summed E-state index contributed by atoms with van der Waals surface area (Å²) < 4.78 is 52.9. The Kier molecular flexibility index (Phi) is 6.69. The number of benzene rings is 1. The number of nitrogens with one attached hydrogen (secondary N) is 2. The summed E-state index contributed by atoms with van der Waals surface area (Å²) >= 11 is 13.0. The molecule has 0 saturated carbocycles. The van der Waals surface area contributed by atoms with Gasteiger partial charge in [-0.15, -0.1) is 0 Å². The van der Waals surface area contributed by atoms with Gasteiger partial charge in [-0.05, 0) is 19.2 Å². The van der Waals surface area contributed by atoms with E-state index in [1.54, 1.807) is 6.08 Å². The lowest BCUT2D eigenvalue weighted by Crippen LogP contribution is -2.47. The van der Waals surface area contributed by atoms with Crippen LogP contribution in [0.4, 0.5) is 5.69 Å². The van der Waals surface area contributed by atoms with Crippen LogP contribution in [-0.2, 0) is 20.0 Å². The Balaban J connectivity index is 2.44. The van der Waals surface area contributed by atoms with Crippen molar-refractivity contribution in [2.24, 2.45) is 0 Å². The maximum Gasteiger partial charge on any atom is 0.246 e. The minimum Gasteiger partial charge on any atom is -0.367 e. The summed E-state index contributed by atoms with van der Waals surface area (Å²) in [5.41, 5.74) is 1.68. The highest BCUT2D eigenvalue weighted by molar-refractivity contribution is 7.99. The standard InChI is InChI=1S/C13H17Cl2N3O4S3/c1-16-24(19,20)11-7-12-10(6-9(11)15)17-13(8-23-5-3-4-14)18(2)25(12,21)22/h3-4,6-7,13,16-17H,5,8H2,1-2H3/b4-3+. The first kappa shape index (κ1) is 20.8. The molecule has 12 heteroatoms. The first-order valence-electron chi connectivity index (χ1n) is 6.99. The second-order valence-electron chi connectivity index (χ2n) is 5.07. The minimum absolute atomic E-state index is 0.0585. The van der Waals surface area contributed by atoms with E-state index in [-0.39, 0.29) is 20.5 Å². The van der Waals surface area contributed by atoms with Crippen LogP contribution in [-0.4, -0.2) is 52.9 Å². The van der Waals surface area contributed by atoms with E-state index in [2.05, 4.69) is 10.0 Å². The first-order valence-corrected chi connectivity index (χ1v) is 11.9.